The number of carbonyl (C=O) groups excluding carboxylic acids is 1. The van der Waals surface area contributed by atoms with Crippen molar-refractivity contribution in [1.82, 2.24) is 9.88 Å². The van der Waals surface area contributed by atoms with E-state index in [9.17, 15) is 9.90 Å². The van der Waals surface area contributed by atoms with Crippen LogP contribution < -0.4 is 10.5 Å². The van der Waals surface area contributed by atoms with Crippen LogP contribution in [0.2, 0.25) is 0 Å². The van der Waals surface area contributed by atoms with E-state index in [1.807, 2.05) is 24.3 Å². The molecule has 0 unspecified atom stereocenters. The molecule has 1 saturated carbocycles. The van der Waals surface area contributed by atoms with E-state index >= 15 is 0 Å². The molecular formula is C23H25N3O3S. The lowest BCUT2D eigenvalue weighted by molar-refractivity contribution is -0.0225. The van der Waals surface area contributed by atoms with Crippen molar-refractivity contribution < 1.29 is 14.6 Å². The number of thiophene rings is 1. The van der Waals surface area contributed by atoms with Crippen LogP contribution in [-0.2, 0) is 6.54 Å². The summed E-state index contributed by atoms with van der Waals surface area (Å²) in [6.07, 6.45) is 0.775. The van der Waals surface area contributed by atoms with Crippen molar-refractivity contribution in [2.45, 2.75) is 31.6 Å². The first-order valence-electron chi connectivity index (χ1n) is 10.3. The van der Waals surface area contributed by atoms with E-state index in [4.69, 9.17) is 10.5 Å². The molecule has 1 saturated heterocycles. The highest BCUT2D eigenvalue weighted by molar-refractivity contribution is 7.07. The average Bonchev–Trinajstić information content (AvgIpc) is 3.37. The maximum atomic E-state index is 11.5. The van der Waals surface area contributed by atoms with E-state index in [-0.39, 0.29) is 11.8 Å². The van der Waals surface area contributed by atoms with Gasteiger partial charge in [-0.3, -0.25) is 9.69 Å². The minimum Gasteiger partial charge on any atom is -0.485 e. The van der Waals surface area contributed by atoms with Crippen molar-refractivity contribution in [2.24, 2.45) is 17.6 Å². The number of nitrogens with zero attached hydrogens (tertiary/aromatic N) is 2. The standard InChI is InChI=1S/C23H25N3O3S/c24-23(28)18-5-4-15-2-1-3-20(22(15)25-18)29-21-9-17-12-26(10-14-6-7-30-13-14)11-16(17)8-19(21)27/h1-7,13,16-17,19,21,27H,8-12H2,(H2,24,28)/t16-,17+,19+,21+/m0/s1. The maximum absolute atomic E-state index is 11.5. The lowest BCUT2D eigenvalue weighted by Gasteiger charge is -2.35. The Kier molecular flexibility index (Phi) is 5.18. The second-order valence-electron chi connectivity index (χ2n) is 8.43. The van der Waals surface area contributed by atoms with Crippen LogP contribution in [0.15, 0.2) is 47.2 Å². The molecule has 6 nitrogen and oxygen atoms in total. The fraction of sp³-hybridized carbons (Fsp3) is 0.391. The summed E-state index contributed by atoms with van der Waals surface area (Å²) in [5.41, 5.74) is 7.57. The van der Waals surface area contributed by atoms with Crippen molar-refractivity contribution in [3.63, 3.8) is 0 Å². The van der Waals surface area contributed by atoms with Gasteiger partial charge in [-0.1, -0.05) is 18.2 Å². The third-order valence-corrected chi connectivity index (χ3v) is 7.09. The predicted octanol–water partition coefficient (Wildman–Crippen LogP) is 3.05. The molecule has 1 amide bonds. The molecule has 0 spiro atoms. The number of aliphatic hydroxyl groups excluding tert-OH is 1. The van der Waals surface area contributed by atoms with Gasteiger partial charge in [0.1, 0.15) is 23.1 Å². The number of benzene rings is 1. The molecule has 3 N–H and O–H groups in total. The molecule has 2 fully saturated rings. The van der Waals surface area contributed by atoms with Crippen molar-refractivity contribution in [1.29, 1.82) is 0 Å². The highest BCUT2D eigenvalue weighted by Crippen LogP contribution is 2.39. The molecule has 4 atom stereocenters. The van der Waals surface area contributed by atoms with Gasteiger partial charge in [-0.2, -0.15) is 11.3 Å². The third kappa shape index (κ3) is 3.80. The minimum atomic E-state index is -0.566. The SMILES string of the molecule is NC(=O)c1ccc2cccc(O[C@@H]3C[C@@H]4CN(Cc5ccsc5)C[C@@H]4C[C@H]3O)c2n1. The number of primary amides is 1. The Morgan fingerprint density at radius 3 is 2.80 bits per heavy atom. The molecule has 1 aliphatic heterocycles. The van der Waals surface area contributed by atoms with Gasteiger partial charge in [0.15, 0.2) is 0 Å². The zero-order valence-corrected chi connectivity index (χ0v) is 17.4. The summed E-state index contributed by atoms with van der Waals surface area (Å²) in [7, 11) is 0. The first-order valence-corrected chi connectivity index (χ1v) is 11.3. The van der Waals surface area contributed by atoms with E-state index in [0.29, 0.717) is 23.1 Å². The Labute approximate surface area is 179 Å². The van der Waals surface area contributed by atoms with Crippen LogP contribution in [0.5, 0.6) is 5.75 Å². The molecule has 156 valence electrons. The second kappa shape index (κ2) is 7.98. The monoisotopic (exact) mass is 423 g/mol. The molecule has 2 aliphatic rings. The van der Waals surface area contributed by atoms with Crippen molar-refractivity contribution in [3.8, 4) is 5.75 Å². The summed E-state index contributed by atoms with van der Waals surface area (Å²) in [4.78, 5) is 18.4. The van der Waals surface area contributed by atoms with Crippen LogP contribution in [0.4, 0.5) is 0 Å². The topological polar surface area (TPSA) is 88.7 Å². The van der Waals surface area contributed by atoms with Gasteiger partial charge in [-0.05, 0) is 59.2 Å². The van der Waals surface area contributed by atoms with Crippen LogP contribution >= 0.6 is 11.3 Å². The number of aromatic nitrogens is 1. The number of pyridine rings is 1. The molecule has 30 heavy (non-hydrogen) atoms. The highest BCUT2D eigenvalue weighted by Gasteiger charge is 2.42. The first-order chi connectivity index (χ1) is 14.6. The van der Waals surface area contributed by atoms with Crippen LogP contribution in [-0.4, -0.2) is 46.2 Å². The Morgan fingerprint density at radius 1 is 1.20 bits per heavy atom. The van der Waals surface area contributed by atoms with Gasteiger partial charge in [0.25, 0.3) is 5.91 Å². The van der Waals surface area contributed by atoms with E-state index in [2.05, 4.69) is 26.7 Å². The van der Waals surface area contributed by atoms with Crippen molar-refractivity contribution in [3.05, 3.63) is 58.4 Å². The molecule has 0 bridgehead atoms. The van der Waals surface area contributed by atoms with E-state index < -0.39 is 12.0 Å². The lowest BCUT2D eigenvalue weighted by Crippen LogP contribution is -2.42. The van der Waals surface area contributed by atoms with Gasteiger partial charge < -0.3 is 15.6 Å². The zero-order valence-electron chi connectivity index (χ0n) is 16.6. The lowest BCUT2D eigenvalue weighted by atomic mass is 9.78. The van der Waals surface area contributed by atoms with Gasteiger partial charge in [0.2, 0.25) is 0 Å². The molecule has 1 aliphatic carbocycles. The number of amides is 1. The second-order valence-corrected chi connectivity index (χ2v) is 9.21. The van der Waals surface area contributed by atoms with Gasteiger partial charge in [0.05, 0.1) is 6.10 Å². The summed E-state index contributed by atoms with van der Waals surface area (Å²) in [6.45, 7) is 3.04. The molecule has 0 radical (unpaired) electrons. The number of aliphatic hydroxyl groups is 1. The smallest absolute Gasteiger partial charge is 0.267 e. The number of para-hydroxylation sites is 1. The average molecular weight is 424 g/mol. The van der Waals surface area contributed by atoms with Gasteiger partial charge in [-0.25, -0.2) is 4.98 Å². The van der Waals surface area contributed by atoms with Gasteiger partial charge >= 0.3 is 0 Å². The fourth-order valence-corrected chi connectivity index (χ4v) is 5.56. The molecule has 5 rings (SSSR count). The third-order valence-electron chi connectivity index (χ3n) is 6.36. The molecule has 1 aromatic carbocycles. The summed E-state index contributed by atoms with van der Waals surface area (Å²) in [5.74, 6) is 1.04. The van der Waals surface area contributed by atoms with Crippen LogP contribution in [0, 0.1) is 11.8 Å². The number of carbonyl (C=O) groups is 1. The van der Waals surface area contributed by atoms with Crippen LogP contribution in [0.1, 0.15) is 28.9 Å². The summed E-state index contributed by atoms with van der Waals surface area (Å²) < 4.78 is 6.28. The van der Waals surface area contributed by atoms with E-state index in [1.165, 1.54) is 5.56 Å². The Hall–Kier alpha value is -2.48. The minimum absolute atomic E-state index is 0.211. The number of likely N-dealkylation sites (tertiary alicyclic amines) is 1. The zero-order chi connectivity index (χ0) is 20.7. The number of ether oxygens (including phenoxy) is 1. The van der Waals surface area contributed by atoms with Gasteiger partial charge in [-0.15, -0.1) is 0 Å². The number of nitrogens with two attached hydrogens (primary N) is 1. The van der Waals surface area contributed by atoms with Gasteiger partial charge in [0, 0.05) is 25.0 Å². The number of rotatable bonds is 5. The molecule has 2 aromatic heterocycles. The fourth-order valence-electron chi connectivity index (χ4n) is 4.90. The summed E-state index contributed by atoms with van der Waals surface area (Å²) in [6, 6.07) is 11.3. The molecule has 3 heterocycles. The first kappa shape index (κ1) is 19.5. The highest BCUT2D eigenvalue weighted by atomic mass is 32.1. The van der Waals surface area contributed by atoms with Crippen LogP contribution in [0.25, 0.3) is 10.9 Å². The number of fused-ring (bicyclic) bond motifs is 2. The molecular weight excluding hydrogens is 398 g/mol. The normalized spacial score (nSPS) is 26.6. The quantitative estimate of drug-likeness (QED) is 0.659. The number of hydrogen-bond donors (Lipinski definition) is 2. The molecule has 7 heteroatoms. The maximum Gasteiger partial charge on any atom is 0.267 e. The van der Waals surface area contributed by atoms with Crippen LogP contribution in [0.3, 0.4) is 0 Å². The molecule has 3 aromatic rings. The van der Waals surface area contributed by atoms with Crippen molar-refractivity contribution in [2.75, 3.05) is 13.1 Å². The van der Waals surface area contributed by atoms with Crippen molar-refractivity contribution >= 4 is 28.1 Å². The largest absolute Gasteiger partial charge is 0.485 e. The Morgan fingerprint density at radius 2 is 2.03 bits per heavy atom. The van der Waals surface area contributed by atoms with E-state index in [1.54, 1.807) is 17.4 Å². The summed E-state index contributed by atoms with van der Waals surface area (Å²) >= 11 is 1.73. The summed E-state index contributed by atoms with van der Waals surface area (Å²) in [5, 5.41) is 16.0. The Balaban J connectivity index is 1.32. The Bertz CT molecular complexity index is 1060. The van der Waals surface area contributed by atoms with E-state index in [0.717, 1.165) is 37.9 Å². The predicted molar refractivity (Wildman–Crippen MR) is 116 cm³/mol. The number of hydrogen-bond acceptors (Lipinski definition) is 6.